The van der Waals surface area contributed by atoms with E-state index in [1.54, 1.807) is 12.4 Å². The van der Waals surface area contributed by atoms with Crippen LogP contribution in [0, 0.1) is 0 Å². The van der Waals surface area contributed by atoms with Crippen molar-refractivity contribution in [2.24, 2.45) is 0 Å². The van der Waals surface area contributed by atoms with Gasteiger partial charge in [-0.2, -0.15) is 0 Å². The summed E-state index contributed by atoms with van der Waals surface area (Å²) in [5.41, 5.74) is 6.64. The van der Waals surface area contributed by atoms with Crippen LogP contribution in [0.4, 0.5) is 5.69 Å². The van der Waals surface area contributed by atoms with Crippen LogP contribution in [-0.2, 0) is 0 Å². The molecule has 0 fully saturated rings. The van der Waals surface area contributed by atoms with E-state index in [-0.39, 0.29) is 5.91 Å². The highest BCUT2D eigenvalue weighted by Gasteiger charge is 2.21. The number of nitrogen functional groups attached to an aromatic ring is 1. The molecule has 18 heavy (non-hydrogen) atoms. The van der Waals surface area contributed by atoms with E-state index in [1.165, 1.54) is 11.3 Å². The number of rotatable bonds is 1. The van der Waals surface area contributed by atoms with Crippen LogP contribution < -0.4 is 5.73 Å². The Balaban J connectivity index is 2.01. The summed E-state index contributed by atoms with van der Waals surface area (Å²) >= 11 is 1.42. The Morgan fingerprint density at radius 2 is 2.33 bits per heavy atom. The number of hydrogen-bond donors (Lipinski definition) is 1. The number of nitrogens with zero attached hydrogens (tertiary/aromatic N) is 2. The number of nitrogens with two attached hydrogens (primary N) is 1. The largest absolute Gasteiger partial charge is 0.397 e. The average molecular weight is 259 g/mol. The maximum absolute atomic E-state index is 12.4. The van der Waals surface area contributed by atoms with Crippen molar-refractivity contribution in [3.63, 3.8) is 0 Å². The number of anilines is 1. The van der Waals surface area contributed by atoms with Crippen molar-refractivity contribution >= 4 is 33.0 Å². The Bertz CT molecular complexity index is 632. The third-order valence-electron chi connectivity index (χ3n) is 3.07. The molecule has 0 radical (unpaired) electrons. The third kappa shape index (κ3) is 1.76. The van der Waals surface area contributed by atoms with Crippen molar-refractivity contribution < 1.29 is 4.79 Å². The number of carbonyl (C=O) groups is 1. The number of pyridine rings is 1. The molecule has 0 bridgehead atoms. The molecule has 3 rings (SSSR count). The second-order valence-electron chi connectivity index (χ2n) is 4.23. The van der Waals surface area contributed by atoms with Crippen LogP contribution >= 0.6 is 11.3 Å². The standard InChI is InChI=1S/C13H13N3OS/c14-11-9-4-5-15-8-10(9)18-12(11)13(17)16-6-2-1-3-7-16/h1-2,4-5,8H,3,6-7,14H2. The van der Waals surface area contributed by atoms with Gasteiger partial charge in [0.1, 0.15) is 4.88 Å². The van der Waals surface area contributed by atoms with Gasteiger partial charge in [0.05, 0.1) is 10.4 Å². The van der Waals surface area contributed by atoms with Gasteiger partial charge in [-0.05, 0) is 12.5 Å². The highest BCUT2D eigenvalue weighted by molar-refractivity contribution is 7.21. The predicted molar refractivity (Wildman–Crippen MR) is 73.7 cm³/mol. The van der Waals surface area contributed by atoms with Crippen molar-refractivity contribution in [3.8, 4) is 0 Å². The molecule has 4 nitrogen and oxygen atoms in total. The summed E-state index contributed by atoms with van der Waals surface area (Å²) in [6, 6.07) is 1.86. The van der Waals surface area contributed by atoms with E-state index < -0.39 is 0 Å². The van der Waals surface area contributed by atoms with E-state index in [0.717, 1.165) is 23.1 Å². The van der Waals surface area contributed by atoms with Gasteiger partial charge in [-0.25, -0.2) is 0 Å². The van der Waals surface area contributed by atoms with Gasteiger partial charge in [-0.15, -0.1) is 11.3 Å². The van der Waals surface area contributed by atoms with Gasteiger partial charge in [-0.3, -0.25) is 9.78 Å². The first-order valence-corrected chi connectivity index (χ1v) is 6.65. The van der Waals surface area contributed by atoms with E-state index in [0.29, 0.717) is 17.1 Å². The van der Waals surface area contributed by atoms with Crippen LogP contribution in [0.3, 0.4) is 0 Å². The molecule has 1 aliphatic rings. The Kier molecular flexibility index (Phi) is 2.76. The van der Waals surface area contributed by atoms with Crippen LogP contribution in [0.1, 0.15) is 16.1 Å². The first-order valence-electron chi connectivity index (χ1n) is 5.83. The normalized spacial score (nSPS) is 15.2. The molecule has 2 aromatic heterocycles. The number of amides is 1. The number of aromatic nitrogens is 1. The highest BCUT2D eigenvalue weighted by atomic mass is 32.1. The topological polar surface area (TPSA) is 59.2 Å². The summed E-state index contributed by atoms with van der Waals surface area (Å²) < 4.78 is 0.964. The lowest BCUT2D eigenvalue weighted by Gasteiger charge is -2.22. The Labute approximate surface area is 109 Å². The molecule has 2 N–H and O–H groups in total. The molecule has 92 valence electrons. The van der Waals surface area contributed by atoms with Crippen molar-refractivity contribution in [3.05, 3.63) is 35.5 Å². The van der Waals surface area contributed by atoms with Gasteiger partial charge in [-0.1, -0.05) is 12.2 Å². The fourth-order valence-corrected chi connectivity index (χ4v) is 3.16. The van der Waals surface area contributed by atoms with Crippen LogP contribution in [0.25, 0.3) is 10.1 Å². The van der Waals surface area contributed by atoms with E-state index in [4.69, 9.17) is 5.73 Å². The fourth-order valence-electron chi connectivity index (χ4n) is 2.10. The van der Waals surface area contributed by atoms with Crippen LogP contribution in [0.15, 0.2) is 30.6 Å². The zero-order chi connectivity index (χ0) is 12.5. The molecule has 0 unspecified atom stereocenters. The summed E-state index contributed by atoms with van der Waals surface area (Å²) in [6.07, 6.45) is 8.49. The summed E-state index contributed by atoms with van der Waals surface area (Å²) in [5, 5.41) is 0.922. The monoisotopic (exact) mass is 259 g/mol. The quantitative estimate of drug-likeness (QED) is 0.799. The Morgan fingerprint density at radius 3 is 3.06 bits per heavy atom. The summed E-state index contributed by atoms with van der Waals surface area (Å²) in [7, 11) is 0. The molecule has 0 aromatic carbocycles. The van der Waals surface area contributed by atoms with E-state index in [9.17, 15) is 4.79 Å². The Hall–Kier alpha value is -1.88. The number of thiophene rings is 1. The molecule has 0 saturated heterocycles. The highest BCUT2D eigenvalue weighted by Crippen LogP contribution is 2.33. The van der Waals surface area contributed by atoms with Crippen LogP contribution in [0.2, 0.25) is 0 Å². The minimum absolute atomic E-state index is 0.0260. The van der Waals surface area contributed by atoms with E-state index in [2.05, 4.69) is 11.1 Å². The molecule has 5 heteroatoms. The summed E-state index contributed by atoms with van der Waals surface area (Å²) in [5.74, 6) is 0.0260. The molecular formula is C13H13N3OS. The lowest BCUT2D eigenvalue weighted by Crippen LogP contribution is -2.33. The molecule has 0 spiro atoms. The smallest absolute Gasteiger partial charge is 0.266 e. The average Bonchev–Trinajstić information content (AvgIpc) is 2.77. The van der Waals surface area contributed by atoms with Crippen molar-refractivity contribution in [2.75, 3.05) is 18.8 Å². The lowest BCUT2D eigenvalue weighted by molar-refractivity contribution is 0.0777. The molecular weight excluding hydrogens is 246 g/mol. The van der Waals surface area contributed by atoms with E-state index >= 15 is 0 Å². The zero-order valence-corrected chi connectivity index (χ0v) is 10.6. The van der Waals surface area contributed by atoms with Crippen molar-refractivity contribution in [2.45, 2.75) is 6.42 Å². The second-order valence-corrected chi connectivity index (χ2v) is 5.28. The van der Waals surface area contributed by atoms with E-state index in [1.807, 2.05) is 17.0 Å². The van der Waals surface area contributed by atoms with Gasteiger partial charge >= 0.3 is 0 Å². The van der Waals surface area contributed by atoms with Crippen molar-refractivity contribution in [1.29, 1.82) is 0 Å². The maximum Gasteiger partial charge on any atom is 0.266 e. The predicted octanol–water partition coefficient (Wildman–Crippen LogP) is 2.28. The van der Waals surface area contributed by atoms with Gasteiger partial charge < -0.3 is 10.6 Å². The number of fused-ring (bicyclic) bond motifs is 1. The first kappa shape index (κ1) is 11.2. The third-order valence-corrected chi connectivity index (χ3v) is 4.21. The minimum Gasteiger partial charge on any atom is -0.397 e. The Morgan fingerprint density at radius 1 is 1.44 bits per heavy atom. The SMILES string of the molecule is Nc1c(C(=O)N2CC=CCC2)sc2cnccc12. The van der Waals surface area contributed by atoms with Gasteiger partial charge in [0.25, 0.3) is 5.91 Å². The molecule has 0 atom stereocenters. The molecule has 0 aliphatic carbocycles. The molecule has 1 aliphatic heterocycles. The van der Waals surface area contributed by atoms with Crippen LogP contribution in [0.5, 0.6) is 0 Å². The zero-order valence-electron chi connectivity index (χ0n) is 9.80. The fraction of sp³-hybridized carbons (Fsp3) is 0.231. The van der Waals surface area contributed by atoms with Gasteiger partial charge in [0, 0.05) is 30.9 Å². The number of hydrogen-bond acceptors (Lipinski definition) is 4. The maximum atomic E-state index is 12.4. The lowest BCUT2D eigenvalue weighted by atomic mass is 10.2. The minimum atomic E-state index is 0.0260. The summed E-state index contributed by atoms with van der Waals surface area (Å²) in [4.78, 5) is 18.9. The second kappa shape index (κ2) is 4.42. The summed E-state index contributed by atoms with van der Waals surface area (Å²) in [6.45, 7) is 1.44. The molecule has 0 saturated carbocycles. The molecule has 3 heterocycles. The van der Waals surface area contributed by atoms with Gasteiger partial charge in [0.2, 0.25) is 0 Å². The first-order chi connectivity index (χ1) is 8.77. The number of carbonyl (C=O) groups excluding carboxylic acids is 1. The molecule has 2 aromatic rings. The van der Waals surface area contributed by atoms with Crippen molar-refractivity contribution in [1.82, 2.24) is 9.88 Å². The van der Waals surface area contributed by atoms with Crippen LogP contribution in [-0.4, -0.2) is 28.9 Å². The molecule has 1 amide bonds. The van der Waals surface area contributed by atoms with Gasteiger partial charge in [0.15, 0.2) is 0 Å².